The van der Waals surface area contributed by atoms with E-state index in [0.29, 0.717) is 31.6 Å². The first-order chi connectivity index (χ1) is 26.8. The van der Waals surface area contributed by atoms with Crippen molar-refractivity contribution in [3.05, 3.63) is 142 Å². The fraction of sp³-hybridized carbons (Fsp3) is 0.319. The van der Waals surface area contributed by atoms with Crippen LogP contribution in [0, 0.1) is 17.8 Å². The van der Waals surface area contributed by atoms with Crippen LogP contribution in [-0.2, 0) is 30.6 Å². The summed E-state index contributed by atoms with van der Waals surface area (Å²) in [6.45, 7) is 0.574. The average molecular weight is 736 g/mol. The van der Waals surface area contributed by atoms with Crippen molar-refractivity contribution in [1.82, 2.24) is 9.88 Å². The molecule has 3 aliphatic heterocycles. The minimum Gasteiger partial charge on any atom is -0.508 e. The molecule has 8 heteroatoms. The highest BCUT2D eigenvalue weighted by molar-refractivity contribution is 5.88. The molecule has 4 heterocycles. The third-order valence-electron chi connectivity index (χ3n) is 11.1. The van der Waals surface area contributed by atoms with Crippen LogP contribution in [0.5, 0.6) is 17.2 Å². The van der Waals surface area contributed by atoms with E-state index < -0.39 is 12.3 Å². The Bertz CT molecular complexity index is 2260. The van der Waals surface area contributed by atoms with E-state index in [1.165, 1.54) is 11.1 Å². The molecule has 0 saturated heterocycles. The smallest absolute Gasteiger partial charge is 0.161 e. The number of aliphatic hydroxyl groups excluding tert-OH is 1. The van der Waals surface area contributed by atoms with Crippen molar-refractivity contribution < 1.29 is 24.8 Å². The number of hydrogen-bond acceptors (Lipinski definition) is 7. The number of nitrogens with one attached hydrogen (secondary N) is 1. The van der Waals surface area contributed by atoms with Crippen LogP contribution in [0.1, 0.15) is 66.3 Å². The second kappa shape index (κ2) is 16.5. The van der Waals surface area contributed by atoms with Gasteiger partial charge in [0.05, 0.1) is 25.0 Å². The molecule has 0 amide bonds. The van der Waals surface area contributed by atoms with Crippen molar-refractivity contribution in [2.45, 2.75) is 82.8 Å². The Kier molecular flexibility index (Phi) is 11.0. The number of phenolic OH excluding ortho intramolecular Hbond substituents is 2. The predicted octanol–water partition coefficient (Wildman–Crippen LogP) is 7.72. The molecule has 0 spiro atoms. The number of nitrogens with zero attached hydrogens (tertiary/aromatic N) is 1. The van der Waals surface area contributed by atoms with Crippen LogP contribution in [-0.4, -0.2) is 44.9 Å². The number of aliphatic hydroxyl groups is 1. The quantitative estimate of drug-likeness (QED) is 0.117. The summed E-state index contributed by atoms with van der Waals surface area (Å²) in [4.78, 5) is 0. The van der Waals surface area contributed by atoms with E-state index in [2.05, 4.69) is 70.5 Å². The predicted molar refractivity (Wildman–Crippen MR) is 216 cm³/mol. The van der Waals surface area contributed by atoms with Gasteiger partial charge < -0.3 is 40.4 Å². The molecule has 5 aromatic rings. The molecule has 1 aromatic heterocycles. The Labute approximate surface area is 322 Å². The number of rotatable bonds is 5. The Morgan fingerprint density at radius 2 is 1.73 bits per heavy atom. The number of hydrogen-bond donors (Lipinski definition) is 5. The van der Waals surface area contributed by atoms with Crippen LogP contribution in [0.2, 0.25) is 0 Å². The fourth-order valence-corrected chi connectivity index (χ4v) is 8.04. The van der Waals surface area contributed by atoms with Gasteiger partial charge in [0.25, 0.3) is 0 Å². The Hall–Kier alpha value is -5.46. The number of nitrogens with two attached hydrogens (primary N) is 1. The van der Waals surface area contributed by atoms with Crippen molar-refractivity contribution in [2.75, 3.05) is 6.61 Å². The van der Waals surface area contributed by atoms with Gasteiger partial charge in [-0.25, -0.2) is 0 Å². The number of phenols is 2. The van der Waals surface area contributed by atoms with E-state index in [-0.39, 0.29) is 30.1 Å². The van der Waals surface area contributed by atoms with E-state index in [1.807, 2.05) is 36.4 Å². The molecule has 1 unspecified atom stereocenters. The fourth-order valence-electron chi connectivity index (χ4n) is 8.04. The zero-order chi connectivity index (χ0) is 37.7. The van der Waals surface area contributed by atoms with Gasteiger partial charge in [-0.15, -0.1) is 0 Å². The van der Waals surface area contributed by atoms with Crippen molar-refractivity contribution in [2.24, 2.45) is 11.7 Å². The van der Waals surface area contributed by atoms with E-state index in [9.17, 15) is 15.3 Å². The molecule has 0 radical (unpaired) electrons. The molecule has 6 bridgehead atoms. The zero-order valence-electron chi connectivity index (χ0n) is 31.1. The highest BCUT2D eigenvalue weighted by Gasteiger charge is 2.25. The van der Waals surface area contributed by atoms with E-state index >= 15 is 0 Å². The minimum absolute atomic E-state index is 0.0870. The molecule has 6 N–H and O–H groups in total. The second-order valence-electron chi connectivity index (χ2n) is 15.2. The first-order valence-electron chi connectivity index (χ1n) is 19.5. The van der Waals surface area contributed by atoms with Gasteiger partial charge in [0, 0.05) is 40.2 Å². The third-order valence-corrected chi connectivity index (χ3v) is 11.1. The zero-order valence-corrected chi connectivity index (χ0v) is 31.1. The maximum absolute atomic E-state index is 11.4. The molecule has 0 saturated carbocycles. The number of fused-ring (bicyclic) bond motifs is 6. The molecule has 55 heavy (non-hydrogen) atoms. The summed E-state index contributed by atoms with van der Waals surface area (Å²) in [5.74, 6) is 8.94. The average Bonchev–Trinajstić information content (AvgIpc) is 3.60. The molecule has 8 rings (SSSR count). The van der Waals surface area contributed by atoms with Crippen LogP contribution in [0.3, 0.4) is 0 Å². The normalized spacial score (nSPS) is 21.7. The molecule has 0 fully saturated rings. The topological polar surface area (TPSA) is 122 Å². The van der Waals surface area contributed by atoms with Crippen molar-refractivity contribution >= 4 is 16.6 Å². The van der Waals surface area contributed by atoms with Gasteiger partial charge in [-0.1, -0.05) is 66.4 Å². The highest BCUT2D eigenvalue weighted by atomic mass is 16.5. The van der Waals surface area contributed by atoms with E-state index in [4.69, 9.17) is 15.2 Å². The lowest BCUT2D eigenvalue weighted by Crippen LogP contribution is -2.40. The van der Waals surface area contributed by atoms with Gasteiger partial charge in [-0.2, -0.15) is 0 Å². The number of aromatic hydroxyl groups is 2. The van der Waals surface area contributed by atoms with Crippen LogP contribution in [0.4, 0.5) is 0 Å². The number of aryl methyl sites for hydroxylation is 2. The Morgan fingerprint density at radius 3 is 2.58 bits per heavy atom. The van der Waals surface area contributed by atoms with Crippen molar-refractivity contribution in [3.8, 4) is 29.1 Å². The monoisotopic (exact) mass is 735 g/mol. The molecule has 282 valence electrons. The third kappa shape index (κ3) is 8.92. The first-order valence-corrected chi connectivity index (χ1v) is 19.5. The van der Waals surface area contributed by atoms with Crippen LogP contribution < -0.4 is 15.8 Å². The minimum atomic E-state index is -0.567. The van der Waals surface area contributed by atoms with Crippen LogP contribution >= 0.6 is 0 Å². The summed E-state index contributed by atoms with van der Waals surface area (Å²) >= 11 is 0. The summed E-state index contributed by atoms with van der Waals surface area (Å²) in [7, 11) is 0. The van der Waals surface area contributed by atoms with Crippen LogP contribution in [0.25, 0.3) is 16.6 Å². The first kappa shape index (κ1) is 36.5. The molecule has 0 aliphatic carbocycles. The molecular weight excluding hydrogens is 687 g/mol. The largest absolute Gasteiger partial charge is 0.508 e. The SMILES string of the molecule is NC1C=C2C#C[C@H](CCc3ccc(O)cc3)CCC[C@H]3C[C@H](O)CCc4ccc(O)c(c4)OCc4cc(Cc5ccccc5)cc5cn(cc45)C(=C2CO3)N1. The van der Waals surface area contributed by atoms with Crippen molar-refractivity contribution in [3.63, 3.8) is 0 Å². The molecule has 4 atom stereocenters. The molecular formula is C47H49N3O5. The number of ether oxygens (including phenoxy) is 2. The van der Waals surface area contributed by atoms with Gasteiger partial charge in [0.2, 0.25) is 0 Å². The van der Waals surface area contributed by atoms with E-state index in [1.54, 1.807) is 18.2 Å². The van der Waals surface area contributed by atoms with Crippen LogP contribution in [0.15, 0.2) is 115 Å². The summed E-state index contributed by atoms with van der Waals surface area (Å²) in [6.07, 6.45) is 11.9. The molecule has 3 aliphatic rings. The second-order valence-corrected chi connectivity index (χ2v) is 15.2. The summed E-state index contributed by atoms with van der Waals surface area (Å²) in [5, 5.41) is 37.6. The summed E-state index contributed by atoms with van der Waals surface area (Å²) in [5.41, 5.74) is 14.0. The number of aromatic nitrogens is 1. The van der Waals surface area contributed by atoms with Gasteiger partial charge in [0.1, 0.15) is 18.2 Å². The lowest BCUT2D eigenvalue weighted by Gasteiger charge is -2.28. The summed E-state index contributed by atoms with van der Waals surface area (Å²) in [6, 6.07) is 27.8. The number of dihydropyridines is 1. The van der Waals surface area contributed by atoms with E-state index in [0.717, 1.165) is 83.0 Å². The summed E-state index contributed by atoms with van der Waals surface area (Å²) < 4.78 is 15.2. The Balaban J connectivity index is 1.22. The number of benzene rings is 4. The lowest BCUT2D eigenvalue weighted by molar-refractivity contribution is 0.0167. The maximum atomic E-state index is 11.4. The van der Waals surface area contributed by atoms with Gasteiger partial charge in [0.15, 0.2) is 11.5 Å². The van der Waals surface area contributed by atoms with Crippen molar-refractivity contribution in [1.29, 1.82) is 0 Å². The van der Waals surface area contributed by atoms with Gasteiger partial charge in [-0.3, -0.25) is 0 Å². The molecule has 8 nitrogen and oxygen atoms in total. The maximum Gasteiger partial charge on any atom is 0.161 e. The molecule has 4 aromatic carbocycles. The van der Waals surface area contributed by atoms with Gasteiger partial charge >= 0.3 is 0 Å². The Morgan fingerprint density at radius 1 is 0.873 bits per heavy atom. The standard InChI is InChI=1S/C47H49N3O5/c48-46-25-36-16-11-31(9-10-32-12-17-39(51)18-13-32)7-4-8-41-26-40(52)19-14-34-15-20-44(53)45(24-34)55-29-38-23-35(21-33-5-2-1-3-6-33)22-37-27-50(28-42(37)38)47(49-46)43(36)30-54-41/h1-3,5-6,12-13,15,17-18,20,22-25,27-28,31,40-41,46,49,51-53H,4,7-10,14,19,21,26,29-30,48H2/t31-,40+,41-,46?/m0/s1. The highest BCUT2D eigenvalue weighted by Crippen LogP contribution is 2.33. The lowest BCUT2D eigenvalue weighted by atomic mass is 9.92. The van der Waals surface area contributed by atoms with Gasteiger partial charge in [-0.05, 0) is 122 Å².